The molecule has 0 spiro atoms. The van der Waals surface area contributed by atoms with Gasteiger partial charge in [0.25, 0.3) is 0 Å². The molecule has 0 radical (unpaired) electrons. The second-order valence-electron chi connectivity index (χ2n) is 9.59. The van der Waals surface area contributed by atoms with Crippen molar-refractivity contribution in [3.63, 3.8) is 0 Å². The quantitative estimate of drug-likeness (QED) is 0.142. The highest BCUT2D eigenvalue weighted by Gasteiger charge is 2.45. The maximum atomic E-state index is 12.1. The summed E-state index contributed by atoms with van der Waals surface area (Å²) in [5.74, 6) is -0.271. The lowest BCUT2D eigenvalue weighted by Gasteiger charge is -2.42. The molecule has 1 rings (SSSR count). The number of nitrogens with one attached hydrogen (secondary N) is 1. The normalized spacial score (nSPS) is 24.8. The number of amides is 1. The van der Waals surface area contributed by atoms with E-state index in [2.05, 4.69) is 18.8 Å². The second-order valence-corrected chi connectivity index (χ2v) is 9.59. The smallest absolute Gasteiger partial charge is 0.220 e. The number of allylic oxidation sites excluding steroid dienone is 1. The monoisotopic (exact) mass is 485 g/mol. The van der Waals surface area contributed by atoms with Crippen LogP contribution >= 0.6 is 0 Å². The average molecular weight is 486 g/mol. The summed E-state index contributed by atoms with van der Waals surface area (Å²) in [5, 5.41) is 32.8. The van der Waals surface area contributed by atoms with Crippen molar-refractivity contribution in [1.82, 2.24) is 5.32 Å². The molecule has 1 heterocycles. The minimum atomic E-state index is -1.30. The van der Waals surface area contributed by atoms with Crippen LogP contribution in [0.5, 0.6) is 0 Å². The summed E-state index contributed by atoms with van der Waals surface area (Å²) in [4.78, 5) is 12.1. The van der Waals surface area contributed by atoms with Crippen LogP contribution in [0.4, 0.5) is 0 Å². The van der Waals surface area contributed by atoms with Gasteiger partial charge in [0, 0.05) is 13.0 Å². The summed E-state index contributed by atoms with van der Waals surface area (Å²) in [6, 6.07) is -0.887. The van der Waals surface area contributed by atoms with Crippen LogP contribution in [-0.4, -0.2) is 65.1 Å². The Morgan fingerprint density at radius 1 is 0.912 bits per heavy atom. The summed E-state index contributed by atoms with van der Waals surface area (Å²) < 4.78 is 11.5. The predicted octanol–water partition coefficient (Wildman–Crippen LogP) is 4.37. The van der Waals surface area contributed by atoms with Gasteiger partial charge in [-0.05, 0) is 12.8 Å². The van der Waals surface area contributed by atoms with Crippen LogP contribution in [0, 0.1) is 0 Å². The molecule has 1 fully saturated rings. The van der Waals surface area contributed by atoms with Gasteiger partial charge in [0.05, 0.1) is 6.61 Å². The molecule has 7 heteroatoms. The van der Waals surface area contributed by atoms with E-state index in [1.807, 2.05) is 0 Å². The van der Waals surface area contributed by atoms with Crippen molar-refractivity contribution in [2.24, 2.45) is 0 Å². The van der Waals surface area contributed by atoms with Gasteiger partial charge in [-0.2, -0.15) is 0 Å². The molecule has 5 atom stereocenters. The molecule has 1 saturated heterocycles. The Morgan fingerprint density at radius 3 is 1.94 bits per heavy atom. The third kappa shape index (κ3) is 13.2. The van der Waals surface area contributed by atoms with Crippen LogP contribution in [0.25, 0.3) is 0 Å². The highest BCUT2D eigenvalue weighted by Crippen LogP contribution is 2.23. The van der Waals surface area contributed by atoms with E-state index >= 15 is 0 Å². The fourth-order valence-corrected chi connectivity index (χ4v) is 4.37. The SMILES string of the molecule is C=CCCC(=O)N[C@H]1[C@@H](OCCCCCCCCCCCCCCCC)O[C@H](CO)[C@@H](O)[C@@H]1O. The third-order valence-electron chi connectivity index (χ3n) is 6.56. The lowest BCUT2D eigenvalue weighted by Crippen LogP contribution is -2.64. The van der Waals surface area contributed by atoms with E-state index in [1.165, 1.54) is 70.6 Å². The first-order chi connectivity index (χ1) is 16.5. The number of unbranched alkanes of at least 4 members (excludes halogenated alkanes) is 13. The van der Waals surface area contributed by atoms with Crippen LogP contribution in [0.15, 0.2) is 12.7 Å². The average Bonchev–Trinajstić information content (AvgIpc) is 2.84. The molecular formula is C27H51NO6. The van der Waals surface area contributed by atoms with Gasteiger partial charge in [0.1, 0.15) is 24.4 Å². The fraction of sp³-hybridized carbons (Fsp3) is 0.889. The van der Waals surface area contributed by atoms with Crippen LogP contribution in [0.3, 0.4) is 0 Å². The van der Waals surface area contributed by atoms with Crippen LogP contribution in [0.2, 0.25) is 0 Å². The molecule has 1 amide bonds. The summed E-state index contributed by atoms with van der Waals surface area (Å²) in [5.41, 5.74) is 0. The lowest BCUT2D eigenvalue weighted by atomic mass is 9.96. The van der Waals surface area contributed by atoms with Crippen molar-refractivity contribution < 1.29 is 29.6 Å². The number of ether oxygens (including phenoxy) is 2. The van der Waals surface area contributed by atoms with Gasteiger partial charge < -0.3 is 30.1 Å². The zero-order valence-corrected chi connectivity index (χ0v) is 21.5. The number of carbonyl (C=O) groups excluding carboxylic acids is 1. The molecule has 1 aliphatic heterocycles. The first kappa shape index (κ1) is 31.0. The summed E-state index contributed by atoms with van der Waals surface area (Å²) in [6.07, 6.45) is 15.8. The van der Waals surface area contributed by atoms with E-state index in [1.54, 1.807) is 6.08 Å². The van der Waals surface area contributed by atoms with Crippen LogP contribution < -0.4 is 5.32 Å². The molecule has 4 N–H and O–H groups in total. The number of aliphatic hydroxyl groups excluding tert-OH is 3. The molecule has 1 aliphatic rings. The Balaban J connectivity index is 2.18. The molecular weight excluding hydrogens is 434 g/mol. The van der Waals surface area contributed by atoms with Crippen molar-refractivity contribution >= 4 is 5.91 Å². The standard InChI is InChI=1S/C27H51NO6/c1-3-5-7-8-9-10-11-12-13-14-15-16-17-18-20-33-27-24(28-23(30)19-6-4-2)26(32)25(31)22(21-29)34-27/h4,22,24-27,29,31-32H,2-3,5-21H2,1H3,(H,28,30)/t22-,24-,25-,26-,27+/m1/s1. The zero-order chi connectivity index (χ0) is 25.0. The Hall–Kier alpha value is -0.990. The lowest BCUT2D eigenvalue weighted by molar-refractivity contribution is -0.270. The Labute approximate surface area is 207 Å². The number of hydrogen-bond donors (Lipinski definition) is 4. The minimum absolute atomic E-state index is 0.234. The van der Waals surface area contributed by atoms with Gasteiger partial charge in [-0.15, -0.1) is 6.58 Å². The maximum Gasteiger partial charge on any atom is 0.220 e. The van der Waals surface area contributed by atoms with E-state index < -0.39 is 37.3 Å². The molecule has 0 saturated carbocycles. The number of rotatable bonds is 21. The summed E-state index contributed by atoms with van der Waals surface area (Å²) in [7, 11) is 0. The fourth-order valence-electron chi connectivity index (χ4n) is 4.37. The second kappa shape index (κ2) is 20.2. The van der Waals surface area contributed by atoms with Crippen molar-refractivity contribution in [1.29, 1.82) is 0 Å². The van der Waals surface area contributed by atoms with Crippen molar-refractivity contribution in [2.75, 3.05) is 13.2 Å². The summed E-state index contributed by atoms with van der Waals surface area (Å²) in [6.45, 7) is 5.85. The van der Waals surface area contributed by atoms with Gasteiger partial charge in [-0.25, -0.2) is 0 Å². The molecule has 0 aliphatic carbocycles. The highest BCUT2D eigenvalue weighted by atomic mass is 16.7. The largest absolute Gasteiger partial charge is 0.394 e. The number of aliphatic hydroxyl groups is 3. The molecule has 0 aromatic rings. The third-order valence-corrected chi connectivity index (χ3v) is 6.56. The predicted molar refractivity (Wildman–Crippen MR) is 135 cm³/mol. The molecule has 0 aromatic carbocycles. The highest BCUT2D eigenvalue weighted by molar-refractivity contribution is 5.76. The van der Waals surface area contributed by atoms with Gasteiger partial charge >= 0.3 is 0 Å². The Morgan fingerprint density at radius 2 is 1.44 bits per heavy atom. The zero-order valence-electron chi connectivity index (χ0n) is 21.5. The Kier molecular flexibility index (Phi) is 18.5. The van der Waals surface area contributed by atoms with Crippen LogP contribution in [-0.2, 0) is 14.3 Å². The van der Waals surface area contributed by atoms with E-state index in [4.69, 9.17) is 9.47 Å². The molecule has 200 valence electrons. The molecule has 0 aromatic heterocycles. The van der Waals surface area contributed by atoms with Crippen molar-refractivity contribution in [2.45, 2.75) is 140 Å². The number of carbonyl (C=O) groups is 1. The van der Waals surface area contributed by atoms with E-state index in [-0.39, 0.29) is 12.3 Å². The topological polar surface area (TPSA) is 108 Å². The van der Waals surface area contributed by atoms with E-state index in [0.29, 0.717) is 13.0 Å². The maximum absolute atomic E-state index is 12.1. The first-order valence-electron chi connectivity index (χ1n) is 13.7. The van der Waals surface area contributed by atoms with Gasteiger partial charge in [-0.3, -0.25) is 4.79 Å². The first-order valence-corrected chi connectivity index (χ1v) is 13.7. The van der Waals surface area contributed by atoms with E-state index in [0.717, 1.165) is 19.3 Å². The molecule has 0 bridgehead atoms. The molecule has 7 nitrogen and oxygen atoms in total. The van der Waals surface area contributed by atoms with Crippen molar-refractivity contribution in [3.8, 4) is 0 Å². The van der Waals surface area contributed by atoms with E-state index in [9.17, 15) is 20.1 Å². The summed E-state index contributed by atoms with van der Waals surface area (Å²) >= 11 is 0. The minimum Gasteiger partial charge on any atom is -0.394 e. The Bertz CT molecular complexity index is 517. The molecule has 0 unspecified atom stereocenters. The number of hydrogen-bond acceptors (Lipinski definition) is 6. The van der Waals surface area contributed by atoms with Crippen molar-refractivity contribution in [3.05, 3.63) is 12.7 Å². The van der Waals surface area contributed by atoms with Crippen LogP contribution in [0.1, 0.15) is 110 Å². The van der Waals surface area contributed by atoms with Gasteiger partial charge in [0.15, 0.2) is 6.29 Å². The van der Waals surface area contributed by atoms with Gasteiger partial charge in [0.2, 0.25) is 5.91 Å². The van der Waals surface area contributed by atoms with Gasteiger partial charge in [-0.1, -0.05) is 96.5 Å². The molecule has 34 heavy (non-hydrogen) atoms.